The van der Waals surface area contributed by atoms with E-state index >= 15 is 0 Å². The van der Waals surface area contributed by atoms with E-state index in [1.807, 2.05) is 6.92 Å². The number of hydrogen-bond donors (Lipinski definition) is 1. The highest BCUT2D eigenvalue weighted by Gasteiger charge is 2.42. The van der Waals surface area contributed by atoms with E-state index < -0.39 is 5.97 Å². The molecule has 29 heavy (non-hydrogen) atoms. The van der Waals surface area contributed by atoms with Crippen molar-refractivity contribution in [1.29, 1.82) is 0 Å². The van der Waals surface area contributed by atoms with Crippen LogP contribution in [0.15, 0.2) is 48.0 Å². The van der Waals surface area contributed by atoms with E-state index in [-0.39, 0.29) is 23.8 Å². The minimum atomic E-state index is -0.646. The normalized spacial score (nSPS) is 29.1. The summed E-state index contributed by atoms with van der Waals surface area (Å²) in [6.07, 6.45) is 8.92. The van der Waals surface area contributed by atoms with Gasteiger partial charge >= 0.3 is 5.97 Å². The van der Waals surface area contributed by atoms with Crippen LogP contribution in [-0.4, -0.2) is 30.3 Å². The first-order valence-electron chi connectivity index (χ1n) is 10.8. The highest BCUT2D eigenvalue weighted by molar-refractivity contribution is 5.73. The minimum Gasteiger partial charge on any atom is -0.493 e. The number of anilines is 1. The summed E-state index contributed by atoms with van der Waals surface area (Å²) in [4.78, 5) is 13.3. The number of aryl methyl sites for hydroxylation is 1. The molecule has 2 aliphatic carbocycles. The zero-order valence-corrected chi connectivity index (χ0v) is 17.0. The summed E-state index contributed by atoms with van der Waals surface area (Å²) >= 11 is 0. The second-order valence-corrected chi connectivity index (χ2v) is 8.76. The first kappa shape index (κ1) is 20.0. The Balaban J connectivity index is 1.29. The molecular formula is C24H30FNO3. The second kappa shape index (κ2) is 8.60. The monoisotopic (exact) mass is 399 g/mol. The second-order valence-electron chi connectivity index (χ2n) is 8.76. The maximum absolute atomic E-state index is 13.5. The van der Waals surface area contributed by atoms with Gasteiger partial charge in [-0.25, -0.2) is 4.39 Å². The van der Waals surface area contributed by atoms with Crippen LogP contribution < -0.4 is 4.90 Å². The molecule has 1 aliphatic heterocycles. The van der Waals surface area contributed by atoms with Gasteiger partial charge in [0.15, 0.2) is 0 Å². The van der Waals surface area contributed by atoms with Crippen molar-refractivity contribution in [3.8, 4) is 0 Å². The smallest absolute Gasteiger partial charge is 0.306 e. The highest BCUT2D eigenvalue weighted by atomic mass is 19.1. The van der Waals surface area contributed by atoms with Crippen molar-refractivity contribution in [2.24, 2.45) is 17.8 Å². The van der Waals surface area contributed by atoms with Crippen molar-refractivity contribution in [3.63, 3.8) is 0 Å². The summed E-state index contributed by atoms with van der Waals surface area (Å²) in [6, 6.07) is 8.66. The Labute approximate surface area is 172 Å². The maximum atomic E-state index is 13.5. The SMILES string of the molecule is CC1CC(O[C@H]2CCCN(c3ccc(CC[C@@H]4C[C@H]4C(=O)O)cc3)C2)=CC=C1F. The quantitative estimate of drug-likeness (QED) is 0.693. The number of halogens is 1. The third kappa shape index (κ3) is 5.01. The molecule has 1 saturated heterocycles. The van der Waals surface area contributed by atoms with Crippen LogP contribution in [-0.2, 0) is 16.0 Å². The number of carboxylic acid groups (broad SMARTS) is 1. The molecule has 1 heterocycles. The van der Waals surface area contributed by atoms with Crippen LogP contribution in [0, 0.1) is 17.8 Å². The Hall–Kier alpha value is -2.30. The highest BCUT2D eigenvalue weighted by Crippen LogP contribution is 2.42. The van der Waals surface area contributed by atoms with Crippen molar-refractivity contribution in [3.05, 3.63) is 53.6 Å². The predicted molar refractivity (Wildman–Crippen MR) is 111 cm³/mol. The third-order valence-corrected chi connectivity index (χ3v) is 6.45. The minimum absolute atomic E-state index is 0.0668. The van der Waals surface area contributed by atoms with E-state index in [9.17, 15) is 9.18 Å². The summed E-state index contributed by atoms with van der Waals surface area (Å²) in [7, 11) is 0. The Morgan fingerprint density at radius 2 is 2.07 bits per heavy atom. The zero-order valence-electron chi connectivity index (χ0n) is 17.0. The predicted octanol–water partition coefficient (Wildman–Crippen LogP) is 5.10. The molecule has 0 radical (unpaired) electrons. The van der Waals surface area contributed by atoms with E-state index in [1.54, 1.807) is 6.08 Å². The van der Waals surface area contributed by atoms with E-state index in [4.69, 9.17) is 9.84 Å². The largest absolute Gasteiger partial charge is 0.493 e. The molecule has 0 amide bonds. The van der Waals surface area contributed by atoms with Gasteiger partial charge in [0, 0.05) is 24.6 Å². The fourth-order valence-corrected chi connectivity index (χ4v) is 4.47. The fourth-order valence-electron chi connectivity index (χ4n) is 4.47. The van der Waals surface area contributed by atoms with Crippen LogP contribution in [0.5, 0.6) is 0 Å². The van der Waals surface area contributed by atoms with E-state index in [1.165, 1.54) is 17.3 Å². The lowest BCUT2D eigenvalue weighted by Crippen LogP contribution is -2.39. The summed E-state index contributed by atoms with van der Waals surface area (Å²) in [5.74, 6) is 0.320. The topological polar surface area (TPSA) is 49.8 Å². The van der Waals surface area contributed by atoms with Gasteiger partial charge in [-0.15, -0.1) is 0 Å². The number of ether oxygens (including phenoxy) is 1. The van der Waals surface area contributed by atoms with E-state index in [0.717, 1.165) is 51.0 Å². The third-order valence-electron chi connectivity index (χ3n) is 6.45. The number of allylic oxidation sites excluding steroid dienone is 4. The number of aliphatic carboxylic acids is 1. The first-order chi connectivity index (χ1) is 14.0. The van der Waals surface area contributed by atoms with Gasteiger partial charge in [0.05, 0.1) is 18.2 Å². The number of nitrogens with zero attached hydrogens (tertiary/aromatic N) is 1. The average Bonchev–Trinajstić information content (AvgIpc) is 3.50. The average molecular weight is 400 g/mol. The molecule has 0 spiro atoms. The van der Waals surface area contributed by atoms with Gasteiger partial charge in [-0.05, 0) is 67.9 Å². The van der Waals surface area contributed by atoms with Crippen LogP contribution in [0.3, 0.4) is 0 Å². The van der Waals surface area contributed by atoms with Crippen molar-refractivity contribution < 1.29 is 19.0 Å². The van der Waals surface area contributed by atoms with Crippen molar-refractivity contribution in [1.82, 2.24) is 0 Å². The van der Waals surface area contributed by atoms with Crippen LogP contribution in [0.2, 0.25) is 0 Å². The van der Waals surface area contributed by atoms with Gasteiger partial charge in [-0.2, -0.15) is 0 Å². The fraction of sp³-hybridized carbons (Fsp3) is 0.542. The molecule has 1 aromatic carbocycles. The molecule has 3 aliphatic rings. The number of carboxylic acids is 1. The number of rotatable bonds is 7. The molecular weight excluding hydrogens is 369 g/mol. The summed E-state index contributed by atoms with van der Waals surface area (Å²) in [5, 5.41) is 9.01. The Morgan fingerprint density at radius 1 is 1.28 bits per heavy atom. The van der Waals surface area contributed by atoms with Crippen LogP contribution in [0.25, 0.3) is 0 Å². The lowest BCUT2D eigenvalue weighted by atomic mass is 10.00. The van der Waals surface area contributed by atoms with E-state index in [2.05, 4.69) is 29.2 Å². The Bertz CT molecular complexity index is 801. The molecule has 0 aromatic heterocycles. The molecule has 0 bridgehead atoms. The van der Waals surface area contributed by atoms with Crippen LogP contribution in [0.1, 0.15) is 44.6 Å². The van der Waals surface area contributed by atoms with Crippen LogP contribution >= 0.6 is 0 Å². The van der Waals surface area contributed by atoms with Crippen LogP contribution in [0.4, 0.5) is 10.1 Å². The standard InChI is InChI=1S/C24H30FNO3/c1-16-13-20(10-11-23(16)25)29-21-3-2-12-26(15-21)19-8-5-17(6-9-19)4-7-18-14-22(18)24(27)28/h5-6,8-11,16,18,21-22H,2-4,7,12-15H2,1H3,(H,27,28)/t16?,18-,21+,22-/m1/s1. The molecule has 1 aromatic rings. The van der Waals surface area contributed by atoms with Crippen molar-refractivity contribution >= 4 is 11.7 Å². The maximum Gasteiger partial charge on any atom is 0.306 e. The molecule has 4 atom stereocenters. The zero-order chi connectivity index (χ0) is 20.4. The van der Waals surface area contributed by atoms with Gasteiger partial charge in [-0.1, -0.05) is 19.1 Å². The first-order valence-corrected chi connectivity index (χ1v) is 10.8. The van der Waals surface area contributed by atoms with E-state index in [0.29, 0.717) is 12.3 Å². The van der Waals surface area contributed by atoms with Crippen molar-refractivity contribution in [2.75, 3.05) is 18.0 Å². The van der Waals surface area contributed by atoms with Gasteiger partial charge in [0.1, 0.15) is 11.9 Å². The van der Waals surface area contributed by atoms with Gasteiger partial charge in [0.2, 0.25) is 0 Å². The molecule has 156 valence electrons. The molecule has 4 rings (SSSR count). The molecule has 4 nitrogen and oxygen atoms in total. The number of piperidine rings is 1. The summed E-state index contributed by atoms with van der Waals surface area (Å²) in [5.41, 5.74) is 2.47. The lowest BCUT2D eigenvalue weighted by Gasteiger charge is -2.35. The van der Waals surface area contributed by atoms with Crippen molar-refractivity contribution in [2.45, 2.75) is 51.6 Å². The Kier molecular flexibility index (Phi) is 5.93. The van der Waals surface area contributed by atoms with Gasteiger partial charge in [-0.3, -0.25) is 4.79 Å². The molecule has 1 N–H and O–H groups in total. The summed E-state index contributed by atoms with van der Waals surface area (Å²) < 4.78 is 19.7. The molecule has 5 heteroatoms. The number of benzene rings is 1. The summed E-state index contributed by atoms with van der Waals surface area (Å²) in [6.45, 7) is 3.76. The molecule has 1 saturated carbocycles. The Morgan fingerprint density at radius 3 is 2.76 bits per heavy atom. The molecule has 2 fully saturated rings. The lowest BCUT2D eigenvalue weighted by molar-refractivity contribution is -0.138. The van der Waals surface area contributed by atoms with Gasteiger partial charge in [0.25, 0.3) is 0 Å². The number of hydrogen-bond acceptors (Lipinski definition) is 3. The molecule has 1 unspecified atom stereocenters. The van der Waals surface area contributed by atoms with Gasteiger partial charge < -0.3 is 14.7 Å². The number of carbonyl (C=O) groups is 1.